The van der Waals surface area contributed by atoms with E-state index in [-0.39, 0.29) is 90.4 Å². The number of methoxy groups -OCH3 is 3. The number of hydrogen-bond donors (Lipinski definition) is 20. The van der Waals surface area contributed by atoms with Gasteiger partial charge in [-0.1, -0.05) is 6.92 Å². The molecule has 50 heteroatoms. The lowest BCUT2D eigenvalue weighted by Gasteiger charge is -2.32. The SMILES string of the molecule is CNc1cc(Nc2cccnc2OC)nc2c(C(=O)NCC3(CO)CC3)cnn12.CNc1cc(Nc2cccnc2OC)nc2c(C(=O)N[C@H]3CC[C@H]3O)cnn12.CNc1cc(Nc2cccnc2OC)nc2c(C(=O)N[C@H]3C[C@@H]3O)cnn12.CNc1cc(Nc2cccnc2OC2CC2)nc2c(C(=O)NCC(C)CO)cnn12.CNc1cc(Nc2cccnc2OC2CC2)nc2c(C(=O)NCC3(CO)CC3)cnn12. The minimum absolute atomic E-state index is 0.00162. The lowest BCUT2D eigenvalue weighted by molar-refractivity contribution is 0.0448. The Morgan fingerprint density at radius 1 is 0.379 bits per heavy atom. The molecule has 758 valence electrons. The maximum absolute atomic E-state index is 12.8. The van der Waals surface area contributed by atoms with Crippen LogP contribution in [0.5, 0.6) is 29.4 Å². The molecular weight excluding hydrogens is 1870 g/mol. The van der Waals surface area contributed by atoms with Crippen LogP contribution in [-0.4, -0.2) is 286 Å². The second-order valence-corrected chi connectivity index (χ2v) is 35.3. The molecule has 0 spiro atoms. The van der Waals surface area contributed by atoms with Crippen LogP contribution in [-0.2, 0) is 0 Å². The average molecular weight is 1990 g/mol. The third-order valence-corrected chi connectivity index (χ3v) is 24.6. The minimum Gasteiger partial charge on any atom is -0.480 e. The Hall–Kier alpha value is -17.0. The first-order valence-electron chi connectivity index (χ1n) is 47.0. The van der Waals surface area contributed by atoms with Crippen LogP contribution in [0.3, 0.4) is 0 Å². The number of hydrogen-bond acceptors (Lipinski definition) is 40. The first kappa shape index (κ1) is 99.6. The van der Waals surface area contributed by atoms with Crippen LogP contribution in [0.2, 0.25) is 0 Å². The highest BCUT2D eigenvalue weighted by molar-refractivity contribution is 6.03. The molecule has 15 aromatic heterocycles. The van der Waals surface area contributed by atoms with Gasteiger partial charge >= 0.3 is 0 Å². The number of rotatable bonds is 38. The summed E-state index contributed by atoms with van der Waals surface area (Å²) in [6.07, 6.45) is 25.0. The topological polar surface area (TPSA) is 628 Å². The molecule has 50 nitrogen and oxygen atoms in total. The maximum Gasteiger partial charge on any atom is 0.257 e. The number of anilines is 15. The van der Waals surface area contributed by atoms with Crippen molar-refractivity contribution in [2.24, 2.45) is 16.7 Å². The van der Waals surface area contributed by atoms with E-state index in [9.17, 15) is 44.4 Å². The van der Waals surface area contributed by atoms with Crippen molar-refractivity contribution in [2.75, 3.05) is 149 Å². The van der Waals surface area contributed by atoms with E-state index in [0.717, 1.165) is 57.8 Å². The van der Waals surface area contributed by atoms with E-state index in [0.29, 0.717) is 205 Å². The zero-order valence-corrected chi connectivity index (χ0v) is 80.8. The first-order chi connectivity index (χ1) is 70.5. The zero-order chi connectivity index (χ0) is 102. The molecule has 21 rings (SSSR count). The van der Waals surface area contributed by atoms with E-state index < -0.39 is 12.2 Å². The Morgan fingerprint density at radius 2 is 0.655 bits per heavy atom. The summed E-state index contributed by atoms with van der Waals surface area (Å²) in [5.41, 5.74) is 6.76. The van der Waals surface area contributed by atoms with E-state index in [4.69, 9.17) is 28.8 Å². The van der Waals surface area contributed by atoms with Crippen molar-refractivity contribution in [3.8, 4) is 29.4 Å². The zero-order valence-electron chi connectivity index (χ0n) is 80.8. The van der Waals surface area contributed by atoms with Crippen LogP contribution >= 0.6 is 0 Å². The average Bonchev–Trinajstić information content (AvgIpc) is 1.71. The van der Waals surface area contributed by atoms with Gasteiger partial charge in [-0.3, -0.25) is 24.0 Å². The van der Waals surface area contributed by atoms with Gasteiger partial charge in [-0.15, -0.1) is 0 Å². The van der Waals surface area contributed by atoms with Crippen LogP contribution in [0.4, 0.5) is 86.6 Å². The number of amides is 5. The van der Waals surface area contributed by atoms with Gasteiger partial charge in [0, 0.05) is 134 Å². The van der Waals surface area contributed by atoms with Gasteiger partial charge < -0.3 is 129 Å². The van der Waals surface area contributed by atoms with Crippen molar-refractivity contribution in [3.05, 3.63) is 181 Å². The van der Waals surface area contributed by atoms with Crippen LogP contribution in [0.1, 0.15) is 129 Å². The minimum atomic E-state index is -0.498. The number of ether oxygens (including phenoxy) is 5. The number of carbonyl (C=O) groups is 5. The number of nitrogens with one attached hydrogen (secondary N) is 15. The number of nitrogens with zero attached hydrogens (tertiary/aromatic N) is 20. The summed E-state index contributed by atoms with van der Waals surface area (Å²) < 4.78 is 35.3. The normalized spacial score (nSPS) is 16.4. The predicted octanol–water partition coefficient (Wildman–Crippen LogP) is 7.14. The number of fused-ring (bicyclic) bond motifs is 5. The van der Waals surface area contributed by atoms with Crippen LogP contribution in [0.25, 0.3) is 28.2 Å². The largest absolute Gasteiger partial charge is 0.480 e. The van der Waals surface area contributed by atoms with Gasteiger partial charge in [0.15, 0.2) is 28.2 Å². The van der Waals surface area contributed by atoms with Gasteiger partial charge in [-0.25, -0.2) is 49.8 Å². The Labute approximate surface area is 828 Å². The summed E-state index contributed by atoms with van der Waals surface area (Å²) >= 11 is 0. The van der Waals surface area contributed by atoms with Gasteiger partial charge in [-0.2, -0.15) is 48.1 Å². The molecule has 6 fully saturated rings. The van der Waals surface area contributed by atoms with Crippen molar-refractivity contribution >= 4 is 144 Å². The summed E-state index contributed by atoms with van der Waals surface area (Å²) in [7, 11) is 13.5. The monoisotopic (exact) mass is 1980 g/mol. The molecule has 6 aliphatic rings. The summed E-state index contributed by atoms with van der Waals surface area (Å²) in [5, 5.41) is 114. The van der Waals surface area contributed by atoms with Crippen molar-refractivity contribution in [2.45, 2.75) is 114 Å². The first-order valence-corrected chi connectivity index (χ1v) is 47.0. The molecule has 145 heavy (non-hydrogen) atoms. The van der Waals surface area contributed by atoms with Crippen molar-refractivity contribution in [3.63, 3.8) is 0 Å². The van der Waals surface area contributed by atoms with E-state index in [1.165, 1.54) is 45.2 Å². The Morgan fingerprint density at radius 3 is 0.897 bits per heavy atom. The Kier molecular flexibility index (Phi) is 30.5. The molecule has 0 radical (unpaired) electrons. The standard InChI is InChI=1S/C21H25N7O3.C20H25N7O3.C19H23N7O3.C18H21N7O3.C17H19N7O3/c1-22-17-9-16(26-15-3-2-8-23-20(15)31-13-4-5-13)27-18-14(10-25-28(17)18)19(30)24-11-21(12-29)6-7-21;1-12(11-28)9-23-19(29)14-10-24-27-17(21-2)8-16(26-18(14)27)25-15-4-3-7-22-20(15)30-13-5-6-13;1-20-15-8-14(24-13-4-3-7-21-18(13)29-2)25-16-12(9-23-26(15)16)17(28)22-10-19(11-27)5-6-19;1-19-15-8-14(22-12-4-3-7-20-18(12)28-2)24-16-10(9-21-25(15)16)17(27)23-11-5-6-13(11)26;1-18-14-7-13(21-10-4-3-5-19-17(10)27-2)23-15-9(8-20-24(14)15)16(26)22-11-6-12(11)25/h2-3,8-10,13,22,29H,4-7,11-12H2,1H3,(H,24,30)(H,26,27);3-4,7-8,10,12-13,21,28H,5-6,9,11H2,1-2H3,(H,23,29)(H,25,26);3-4,7-9,20,27H,5-6,10-11H2,1-2H3,(H,22,28)(H,24,25);3-4,7-9,11,13,19,26H,5-6H2,1-2H3,(H,22,24)(H,23,27);3-5,7-8,11-12,18,25H,6H2,1-2H3,(H,21,23)(H,22,26)/t;;;11-,13+;11-,12-/m...00/s1. The van der Waals surface area contributed by atoms with Crippen molar-refractivity contribution in [1.29, 1.82) is 0 Å². The van der Waals surface area contributed by atoms with Crippen LogP contribution in [0.15, 0.2) is 153 Å². The molecule has 0 bridgehead atoms. The summed E-state index contributed by atoms with van der Waals surface area (Å²) in [6.45, 7) is 3.24. The molecule has 0 aliphatic heterocycles. The molecular formula is C95H113N35O15. The smallest absolute Gasteiger partial charge is 0.257 e. The highest BCUT2D eigenvalue weighted by atomic mass is 16.5. The Bertz CT molecular complexity index is 7180. The number of aliphatic hydroxyl groups is 5. The lowest BCUT2D eigenvalue weighted by atomic mass is 9.89. The second kappa shape index (κ2) is 44.4. The molecule has 5 amide bonds. The number of pyridine rings is 5. The summed E-state index contributed by atoms with van der Waals surface area (Å²) in [6, 6.07) is 26.7. The molecule has 6 aliphatic carbocycles. The van der Waals surface area contributed by atoms with Gasteiger partial charge in [0.2, 0.25) is 29.4 Å². The number of carbonyl (C=O) groups excluding carboxylic acids is 5. The molecule has 15 heterocycles. The van der Waals surface area contributed by atoms with Crippen molar-refractivity contribution in [1.82, 2.24) is 124 Å². The predicted molar refractivity (Wildman–Crippen MR) is 536 cm³/mol. The fourth-order valence-corrected chi connectivity index (χ4v) is 15.1. The number of aromatic nitrogens is 20. The molecule has 20 N–H and O–H groups in total. The molecule has 1 unspecified atom stereocenters. The van der Waals surface area contributed by atoms with E-state index in [1.54, 1.807) is 144 Å². The number of aliphatic hydroxyl groups excluding tert-OH is 5. The van der Waals surface area contributed by atoms with Gasteiger partial charge in [0.1, 0.15) is 127 Å². The lowest BCUT2D eigenvalue weighted by Crippen LogP contribution is -2.50. The van der Waals surface area contributed by atoms with Crippen LogP contribution < -0.4 is 103 Å². The summed E-state index contributed by atoms with van der Waals surface area (Å²) in [5.74, 6) is 6.72. The fourth-order valence-electron chi connectivity index (χ4n) is 15.1. The highest BCUT2D eigenvalue weighted by Crippen LogP contribution is 2.46. The van der Waals surface area contributed by atoms with Crippen molar-refractivity contribution < 1.29 is 73.2 Å². The fraction of sp³-hybridized carbons (Fsp3) is 0.368. The quantitative estimate of drug-likeness (QED) is 0.0183. The second-order valence-electron chi connectivity index (χ2n) is 35.3. The molecule has 5 atom stereocenters. The molecule has 0 saturated heterocycles. The summed E-state index contributed by atoms with van der Waals surface area (Å²) in [4.78, 5) is 107. The third-order valence-electron chi connectivity index (χ3n) is 24.6. The van der Waals surface area contributed by atoms with E-state index >= 15 is 0 Å². The molecule has 0 aromatic carbocycles. The Balaban J connectivity index is 0.000000124. The van der Waals surface area contributed by atoms with Gasteiger partial charge in [-0.05, 0) is 137 Å². The third kappa shape index (κ3) is 23.4. The molecule has 6 saturated carbocycles. The van der Waals surface area contributed by atoms with E-state index in [2.05, 4.69) is 155 Å². The van der Waals surface area contributed by atoms with Gasteiger partial charge in [0.25, 0.3) is 29.5 Å². The maximum atomic E-state index is 12.8. The highest BCUT2D eigenvalue weighted by Gasteiger charge is 2.44. The van der Waals surface area contributed by atoms with Crippen LogP contribution in [0, 0.1) is 16.7 Å². The van der Waals surface area contributed by atoms with E-state index in [1.807, 2.05) is 49.4 Å². The van der Waals surface area contributed by atoms with Gasteiger partial charge in [0.05, 0.1) is 89.8 Å². The molecule has 15 aromatic rings.